The first-order valence-electron chi connectivity index (χ1n) is 6.34. The van der Waals surface area contributed by atoms with Crippen molar-refractivity contribution in [3.8, 4) is 0 Å². The minimum Gasteiger partial charge on any atom is -0.347 e. The smallest absolute Gasteiger partial charge is 0.231 e. The largest absolute Gasteiger partial charge is 0.347 e. The number of hydrogen-bond donors (Lipinski definition) is 0. The monoisotopic (exact) mass is 269 g/mol. The highest BCUT2D eigenvalue weighted by Crippen LogP contribution is 2.27. The molecule has 6 heteroatoms. The molecule has 0 aromatic carbocycles. The van der Waals surface area contributed by atoms with Crippen LogP contribution in [0.3, 0.4) is 0 Å². The Morgan fingerprint density at radius 1 is 1.22 bits per heavy atom. The standard InChI is InChI=1S/C12H20ClN5/c1-8-6-5-7-18(9(8)2)12-15-10(13)14-11(16-12)17(3)4/h8-9H,5-7H2,1-4H3. The van der Waals surface area contributed by atoms with Gasteiger partial charge in [-0.15, -0.1) is 0 Å². The van der Waals surface area contributed by atoms with E-state index in [-0.39, 0.29) is 5.28 Å². The van der Waals surface area contributed by atoms with Gasteiger partial charge < -0.3 is 9.80 Å². The van der Waals surface area contributed by atoms with Gasteiger partial charge in [0, 0.05) is 26.7 Å². The molecule has 18 heavy (non-hydrogen) atoms. The minimum atomic E-state index is 0.258. The third kappa shape index (κ3) is 2.66. The molecule has 1 aliphatic rings. The van der Waals surface area contributed by atoms with Gasteiger partial charge in [0.15, 0.2) is 0 Å². The van der Waals surface area contributed by atoms with E-state index in [4.69, 9.17) is 11.6 Å². The first-order chi connectivity index (χ1) is 8.49. The first-order valence-corrected chi connectivity index (χ1v) is 6.72. The average molecular weight is 270 g/mol. The van der Waals surface area contributed by atoms with Crippen molar-refractivity contribution in [3.63, 3.8) is 0 Å². The van der Waals surface area contributed by atoms with Crippen LogP contribution in [0.2, 0.25) is 5.28 Å². The van der Waals surface area contributed by atoms with E-state index in [1.54, 1.807) is 0 Å². The Hall–Kier alpha value is -1.10. The fourth-order valence-electron chi connectivity index (χ4n) is 2.28. The average Bonchev–Trinajstić information content (AvgIpc) is 2.31. The molecule has 100 valence electrons. The van der Waals surface area contributed by atoms with Gasteiger partial charge in [-0.2, -0.15) is 15.0 Å². The van der Waals surface area contributed by atoms with Crippen molar-refractivity contribution in [2.75, 3.05) is 30.4 Å². The number of aromatic nitrogens is 3. The predicted octanol–water partition coefficient (Wildman–Crippen LogP) is 2.22. The summed E-state index contributed by atoms with van der Waals surface area (Å²) in [5.74, 6) is 1.95. The highest BCUT2D eigenvalue weighted by molar-refractivity contribution is 6.28. The molecule has 1 aromatic rings. The molecule has 0 spiro atoms. The van der Waals surface area contributed by atoms with Crippen molar-refractivity contribution < 1.29 is 0 Å². The molecule has 2 heterocycles. The molecule has 1 fully saturated rings. The molecule has 0 radical (unpaired) electrons. The van der Waals surface area contributed by atoms with E-state index >= 15 is 0 Å². The summed E-state index contributed by atoms with van der Waals surface area (Å²) in [6.07, 6.45) is 2.43. The van der Waals surface area contributed by atoms with E-state index in [1.807, 2.05) is 19.0 Å². The summed E-state index contributed by atoms with van der Waals surface area (Å²) in [6, 6.07) is 0.437. The maximum Gasteiger partial charge on any atom is 0.231 e. The van der Waals surface area contributed by atoms with Crippen LogP contribution in [-0.2, 0) is 0 Å². The Morgan fingerprint density at radius 2 is 1.94 bits per heavy atom. The van der Waals surface area contributed by atoms with Crippen molar-refractivity contribution in [3.05, 3.63) is 5.28 Å². The van der Waals surface area contributed by atoms with Crippen molar-refractivity contribution in [2.24, 2.45) is 5.92 Å². The predicted molar refractivity (Wildman–Crippen MR) is 74.4 cm³/mol. The molecule has 0 saturated carbocycles. The van der Waals surface area contributed by atoms with Gasteiger partial charge in [0.2, 0.25) is 17.2 Å². The molecule has 5 nitrogen and oxygen atoms in total. The van der Waals surface area contributed by atoms with E-state index in [9.17, 15) is 0 Å². The van der Waals surface area contributed by atoms with Crippen LogP contribution < -0.4 is 9.80 Å². The van der Waals surface area contributed by atoms with Gasteiger partial charge in [0.25, 0.3) is 0 Å². The normalized spacial score (nSPS) is 24.2. The van der Waals surface area contributed by atoms with Crippen molar-refractivity contribution in [1.82, 2.24) is 15.0 Å². The highest BCUT2D eigenvalue weighted by atomic mass is 35.5. The minimum absolute atomic E-state index is 0.258. The Labute approximate surface area is 113 Å². The zero-order valence-corrected chi connectivity index (χ0v) is 12.1. The molecule has 0 bridgehead atoms. The van der Waals surface area contributed by atoms with Crippen LogP contribution in [0.1, 0.15) is 26.7 Å². The fraction of sp³-hybridized carbons (Fsp3) is 0.750. The third-order valence-electron chi connectivity index (χ3n) is 3.62. The van der Waals surface area contributed by atoms with Crippen molar-refractivity contribution in [2.45, 2.75) is 32.7 Å². The Bertz CT molecular complexity index is 423. The van der Waals surface area contributed by atoms with E-state index in [0.717, 1.165) is 6.54 Å². The van der Waals surface area contributed by atoms with Crippen LogP contribution in [-0.4, -0.2) is 41.6 Å². The molecule has 2 rings (SSSR count). The quantitative estimate of drug-likeness (QED) is 0.824. The van der Waals surface area contributed by atoms with Gasteiger partial charge >= 0.3 is 0 Å². The molecule has 1 aliphatic heterocycles. The lowest BCUT2D eigenvalue weighted by Gasteiger charge is -2.38. The highest BCUT2D eigenvalue weighted by Gasteiger charge is 2.27. The Morgan fingerprint density at radius 3 is 2.61 bits per heavy atom. The van der Waals surface area contributed by atoms with Crippen molar-refractivity contribution in [1.29, 1.82) is 0 Å². The zero-order chi connectivity index (χ0) is 13.3. The fourth-order valence-corrected chi connectivity index (χ4v) is 2.43. The molecule has 0 aliphatic carbocycles. The number of anilines is 2. The van der Waals surface area contributed by atoms with E-state index < -0.39 is 0 Å². The maximum atomic E-state index is 5.98. The number of rotatable bonds is 2. The second-order valence-electron chi connectivity index (χ2n) is 5.15. The molecule has 1 aromatic heterocycles. The first kappa shape index (κ1) is 13.3. The van der Waals surface area contributed by atoms with Crippen LogP contribution in [0, 0.1) is 5.92 Å². The van der Waals surface area contributed by atoms with Crippen molar-refractivity contribution >= 4 is 23.5 Å². The number of nitrogens with zero attached hydrogens (tertiary/aromatic N) is 5. The summed E-state index contributed by atoms with van der Waals surface area (Å²) in [7, 11) is 3.80. The summed E-state index contributed by atoms with van der Waals surface area (Å²) < 4.78 is 0. The van der Waals surface area contributed by atoms with Gasteiger partial charge in [-0.3, -0.25) is 0 Å². The lowest BCUT2D eigenvalue weighted by Crippen LogP contribution is -2.43. The summed E-state index contributed by atoms with van der Waals surface area (Å²) in [5, 5.41) is 0.258. The number of halogens is 1. The second kappa shape index (κ2) is 5.26. The lowest BCUT2D eigenvalue weighted by molar-refractivity contribution is 0.359. The maximum absolute atomic E-state index is 5.98. The molecule has 2 unspecified atom stereocenters. The SMILES string of the molecule is CC1CCCN(c2nc(Cl)nc(N(C)C)n2)C1C. The van der Waals surface area contributed by atoms with Crippen LogP contribution in [0.15, 0.2) is 0 Å². The Balaban J connectivity index is 2.32. The molecule has 0 amide bonds. The van der Waals surface area contributed by atoms with Gasteiger partial charge in [0.1, 0.15) is 0 Å². The van der Waals surface area contributed by atoms with Crippen LogP contribution in [0.4, 0.5) is 11.9 Å². The second-order valence-corrected chi connectivity index (χ2v) is 5.49. The molecular formula is C12H20ClN5. The van der Waals surface area contributed by atoms with Gasteiger partial charge in [0.05, 0.1) is 0 Å². The van der Waals surface area contributed by atoms with E-state index in [1.165, 1.54) is 12.8 Å². The lowest BCUT2D eigenvalue weighted by atomic mass is 9.92. The van der Waals surface area contributed by atoms with E-state index in [0.29, 0.717) is 23.9 Å². The summed E-state index contributed by atoms with van der Waals surface area (Å²) in [4.78, 5) is 16.9. The number of piperidine rings is 1. The summed E-state index contributed by atoms with van der Waals surface area (Å²) in [6.45, 7) is 5.47. The summed E-state index contributed by atoms with van der Waals surface area (Å²) in [5.41, 5.74) is 0. The molecular weight excluding hydrogens is 250 g/mol. The van der Waals surface area contributed by atoms with Gasteiger partial charge in [-0.1, -0.05) is 6.92 Å². The molecule has 0 N–H and O–H groups in total. The van der Waals surface area contributed by atoms with Crippen LogP contribution >= 0.6 is 11.6 Å². The third-order valence-corrected chi connectivity index (χ3v) is 3.78. The number of hydrogen-bond acceptors (Lipinski definition) is 5. The van der Waals surface area contributed by atoms with E-state index in [2.05, 4.69) is 33.7 Å². The van der Waals surface area contributed by atoms with Gasteiger partial charge in [-0.05, 0) is 37.3 Å². The van der Waals surface area contributed by atoms with Gasteiger partial charge in [-0.25, -0.2) is 0 Å². The van der Waals surface area contributed by atoms with Crippen LogP contribution in [0.5, 0.6) is 0 Å². The van der Waals surface area contributed by atoms with Crippen LogP contribution in [0.25, 0.3) is 0 Å². The zero-order valence-electron chi connectivity index (χ0n) is 11.4. The summed E-state index contributed by atoms with van der Waals surface area (Å²) >= 11 is 5.98. The molecule has 2 atom stereocenters. The Kier molecular flexibility index (Phi) is 3.90. The topological polar surface area (TPSA) is 45.2 Å². The molecule has 1 saturated heterocycles.